The molecule has 2 aromatic carbocycles. The van der Waals surface area contributed by atoms with Crippen LogP contribution in [0.15, 0.2) is 48.5 Å². The van der Waals surface area contributed by atoms with Gasteiger partial charge in [0, 0.05) is 16.8 Å². The average molecular weight is 375 g/mol. The summed E-state index contributed by atoms with van der Waals surface area (Å²) < 4.78 is 4.85. The minimum Gasteiger partial charge on any atom is -0.452 e. The summed E-state index contributed by atoms with van der Waals surface area (Å²) in [5.74, 6) is -1.17. The van der Waals surface area contributed by atoms with Crippen molar-refractivity contribution in [1.29, 1.82) is 5.26 Å². The number of ether oxygens (including phenoxy) is 1. The van der Waals surface area contributed by atoms with Gasteiger partial charge in [0.15, 0.2) is 6.61 Å². The number of halogens is 2. The maximum Gasteiger partial charge on any atom is 0.331 e. The number of carbonyl (C=O) groups is 2. The Balaban J connectivity index is 1.83. The van der Waals surface area contributed by atoms with Crippen molar-refractivity contribution >= 4 is 46.8 Å². The molecule has 0 aliphatic heterocycles. The summed E-state index contributed by atoms with van der Waals surface area (Å²) in [7, 11) is 0. The lowest BCUT2D eigenvalue weighted by atomic mass is 10.2. The van der Waals surface area contributed by atoms with Crippen molar-refractivity contribution in [2.75, 3.05) is 11.9 Å². The molecule has 0 aliphatic rings. The molecule has 0 heterocycles. The third kappa shape index (κ3) is 5.96. The Labute approximate surface area is 154 Å². The van der Waals surface area contributed by atoms with E-state index in [1.165, 1.54) is 24.3 Å². The van der Waals surface area contributed by atoms with Crippen LogP contribution in [-0.4, -0.2) is 18.5 Å². The van der Waals surface area contributed by atoms with Gasteiger partial charge in [-0.15, -0.1) is 0 Å². The van der Waals surface area contributed by atoms with E-state index < -0.39 is 18.5 Å². The van der Waals surface area contributed by atoms with E-state index in [1.54, 1.807) is 30.3 Å². The number of nitrogens with one attached hydrogen (secondary N) is 1. The van der Waals surface area contributed by atoms with Crippen LogP contribution in [0.1, 0.15) is 11.1 Å². The first-order valence-corrected chi connectivity index (χ1v) is 7.83. The molecule has 0 saturated heterocycles. The van der Waals surface area contributed by atoms with Crippen molar-refractivity contribution in [2.45, 2.75) is 0 Å². The minimum atomic E-state index is -0.650. The smallest absolute Gasteiger partial charge is 0.331 e. The largest absolute Gasteiger partial charge is 0.452 e. The van der Waals surface area contributed by atoms with Crippen molar-refractivity contribution in [2.24, 2.45) is 0 Å². The standard InChI is InChI=1S/C18H12Cl2N2O3/c19-14-5-1-12(2-6-14)3-8-18(24)25-11-17(23)22-15-7-4-13(10-21)16(20)9-15/h1-9H,11H2,(H,22,23)/b8-3+. The highest BCUT2D eigenvalue weighted by Crippen LogP contribution is 2.20. The highest BCUT2D eigenvalue weighted by Gasteiger charge is 2.07. The number of hydrogen-bond acceptors (Lipinski definition) is 4. The second-order valence-electron chi connectivity index (χ2n) is 4.85. The normalized spacial score (nSPS) is 10.3. The molecule has 0 radical (unpaired) electrons. The summed E-state index contributed by atoms with van der Waals surface area (Å²) in [5, 5.41) is 12.1. The number of nitriles is 1. The zero-order valence-corrected chi connectivity index (χ0v) is 14.3. The third-order valence-corrected chi connectivity index (χ3v) is 3.57. The number of amides is 1. The van der Waals surface area contributed by atoms with Crippen LogP contribution in [-0.2, 0) is 14.3 Å². The van der Waals surface area contributed by atoms with Gasteiger partial charge in [-0.2, -0.15) is 5.26 Å². The molecule has 0 bridgehead atoms. The molecule has 25 heavy (non-hydrogen) atoms. The van der Waals surface area contributed by atoms with Crippen molar-refractivity contribution in [3.8, 4) is 6.07 Å². The Bertz CT molecular complexity index is 856. The fraction of sp³-hybridized carbons (Fsp3) is 0.0556. The van der Waals surface area contributed by atoms with Crippen molar-refractivity contribution in [3.63, 3.8) is 0 Å². The Morgan fingerprint density at radius 1 is 1.16 bits per heavy atom. The number of esters is 1. The summed E-state index contributed by atoms with van der Waals surface area (Å²) >= 11 is 11.6. The molecule has 0 saturated carbocycles. The summed E-state index contributed by atoms with van der Waals surface area (Å²) in [6.07, 6.45) is 2.77. The number of hydrogen-bond donors (Lipinski definition) is 1. The highest BCUT2D eigenvalue weighted by atomic mass is 35.5. The lowest BCUT2D eigenvalue weighted by Crippen LogP contribution is -2.20. The lowest BCUT2D eigenvalue weighted by Gasteiger charge is -2.06. The number of nitrogens with zero attached hydrogens (tertiary/aromatic N) is 1. The van der Waals surface area contributed by atoms with Crippen molar-refractivity contribution in [3.05, 3.63) is 69.7 Å². The second kappa shape index (κ2) is 8.88. The van der Waals surface area contributed by atoms with E-state index in [9.17, 15) is 9.59 Å². The Morgan fingerprint density at radius 2 is 1.88 bits per heavy atom. The maximum absolute atomic E-state index is 11.8. The van der Waals surface area contributed by atoms with Gasteiger partial charge in [-0.05, 0) is 42.0 Å². The van der Waals surface area contributed by atoms with Crippen LogP contribution in [0.5, 0.6) is 0 Å². The van der Waals surface area contributed by atoms with E-state index in [4.69, 9.17) is 33.2 Å². The van der Waals surface area contributed by atoms with Crippen LogP contribution in [0.3, 0.4) is 0 Å². The first-order chi connectivity index (χ1) is 12.0. The van der Waals surface area contributed by atoms with Gasteiger partial charge in [0.05, 0.1) is 10.6 Å². The predicted molar refractivity (Wildman–Crippen MR) is 96.2 cm³/mol. The second-order valence-corrected chi connectivity index (χ2v) is 5.69. The Morgan fingerprint density at radius 3 is 2.52 bits per heavy atom. The van der Waals surface area contributed by atoms with Crippen LogP contribution >= 0.6 is 23.2 Å². The van der Waals surface area contributed by atoms with Gasteiger partial charge in [0.1, 0.15) is 6.07 Å². The first-order valence-electron chi connectivity index (χ1n) is 7.08. The van der Waals surface area contributed by atoms with Gasteiger partial charge in [-0.3, -0.25) is 4.79 Å². The monoisotopic (exact) mass is 374 g/mol. The predicted octanol–water partition coefficient (Wildman–Crippen LogP) is 4.06. The summed E-state index contributed by atoms with van der Waals surface area (Å²) in [6.45, 7) is -0.443. The molecule has 7 heteroatoms. The molecule has 5 nitrogen and oxygen atoms in total. The van der Waals surface area contributed by atoms with Gasteiger partial charge >= 0.3 is 5.97 Å². The van der Waals surface area contributed by atoms with Crippen LogP contribution in [0.25, 0.3) is 6.08 Å². The molecule has 0 unspecified atom stereocenters. The first kappa shape index (κ1) is 18.5. The average Bonchev–Trinajstić information content (AvgIpc) is 2.59. The molecular formula is C18H12Cl2N2O3. The number of anilines is 1. The van der Waals surface area contributed by atoms with Crippen LogP contribution in [0, 0.1) is 11.3 Å². The van der Waals surface area contributed by atoms with Crippen molar-refractivity contribution < 1.29 is 14.3 Å². The summed E-state index contributed by atoms with van der Waals surface area (Å²) in [5.41, 5.74) is 1.48. The van der Waals surface area contributed by atoms with Crippen LogP contribution < -0.4 is 5.32 Å². The van der Waals surface area contributed by atoms with E-state index in [0.717, 1.165) is 5.56 Å². The molecule has 0 spiro atoms. The van der Waals surface area contributed by atoms with Crippen LogP contribution in [0.4, 0.5) is 5.69 Å². The molecule has 1 N–H and O–H groups in total. The summed E-state index contributed by atoms with van der Waals surface area (Å²) in [4.78, 5) is 23.4. The highest BCUT2D eigenvalue weighted by molar-refractivity contribution is 6.32. The van der Waals surface area contributed by atoms with Gasteiger partial charge < -0.3 is 10.1 Å². The fourth-order valence-corrected chi connectivity index (χ4v) is 2.15. The van der Waals surface area contributed by atoms with Gasteiger partial charge in [-0.1, -0.05) is 35.3 Å². The molecule has 0 atom stereocenters. The topological polar surface area (TPSA) is 79.2 Å². The number of benzene rings is 2. The van der Waals surface area contributed by atoms with E-state index in [-0.39, 0.29) is 5.02 Å². The molecule has 126 valence electrons. The molecular weight excluding hydrogens is 363 g/mol. The zero-order chi connectivity index (χ0) is 18.2. The van der Waals surface area contributed by atoms with E-state index in [2.05, 4.69) is 5.32 Å². The molecule has 0 aromatic heterocycles. The Hall–Kier alpha value is -2.81. The molecule has 1 amide bonds. The van der Waals surface area contributed by atoms with Crippen LogP contribution in [0.2, 0.25) is 10.0 Å². The third-order valence-electron chi connectivity index (χ3n) is 3.00. The molecule has 0 aliphatic carbocycles. The molecule has 0 fully saturated rings. The fourth-order valence-electron chi connectivity index (χ4n) is 1.80. The SMILES string of the molecule is N#Cc1ccc(NC(=O)COC(=O)/C=C/c2ccc(Cl)cc2)cc1Cl. The Kier molecular flexibility index (Phi) is 6.58. The zero-order valence-electron chi connectivity index (χ0n) is 12.8. The number of rotatable bonds is 5. The maximum atomic E-state index is 11.8. The van der Waals surface area contributed by atoms with E-state index in [0.29, 0.717) is 16.3 Å². The molecule has 2 rings (SSSR count). The van der Waals surface area contributed by atoms with E-state index in [1.807, 2.05) is 6.07 Å². The van der Waals surface area contributed by atoms with Gasteiger partial charge in [0.2, 0.25) is 0 Å². The van der Waals surface area contributed by atoms with Crippen molar-refractivity contribution in [1.82, 2.24) is 0 Å². The minimum absolute atomic E-state index is 0.225. The van der Waals surface area contributed by atoms with Gasteiger partial charge in [-0.25, -0.2) is 4.79 Å². The molecule has 2 aromatic rings. The summed E-state index contributed by atoms with van der Waals surface area (Å²) in [6, 6.07) is 13.3. The number of carbonyl (C=O) groups excluding carboxylic acids is 2. The van der Waals surface area contributed by atoms with E-state index >= 15 is 0 Å². The van der Waals surface area contributed by atoms with Gasteiger partial charge in [0.25, 0.3) is 5.91 Å². The lowest BCUT2D eigenvalue weighted by molar-refractivity contribution is -0.142. The quantitative estimate of drug-likeness (QED) is 0.631.